The maximum Gasteiger partial charge on any atom is 0.357 e. The second-order valence-electron chi connectivity index (χ2n) is 2.34. The number of rotatable bonds is 3. The molecule has 76 valence electrons. The molecule has 0 fully saturated rings. The zero-order valence-corrected chi connectivity index (χ0v) is 9.55. The molecule has 0 atom stereocenters. The Balaban J connectivity index is 3.17. The number of anilines is 1. The van der Waals surface area contributed by atoms with Crippen molar-refractivity contribution in [1.82, 2.24) is 9.97 Å². The minimum absolute atomic E-state index is 0.0486. The molecular weight excluding hydrogens is 273 g/mol. The Morgan fingerprint density at radius 2 is 2.29 bits per heavy atom. The molecule has 5 nitrogen and oxygen atoms in total. The molecule has 1 aromatic rings. The number of aromatic nitrogens is 2. The van der Waals surface area contributed by atoms with Crippen molar-refractivity contribution in [2.75, 3.05) is 11.9 Å². The van der Waals surface area contributed by atoms with Gasteiger partial charge in [-0.05, 0) is 22.9 Å². The molecule has 0 bridgehead atoms. The summed E-state index contributed by atoms with van der Waals surface area (Å²) in [6, 6.07) is 0. The largest absolute Gasteiger partial charge is 0.476 e. The number of nitrogens with zero attached hydrogens (tertiary/aromatic N) is 2. The van der Waals surface area contributed by atoms with E-state index in [1.54, 1.807) is 0 Å². The van der Waals surface area contributed by atoms with E-state index in [-0.39, 0.29) is 15.5 Å². The van der Waals surface area contributed by atoms with Crippen LogP contribution in [0, 0.1) is 0 Å². The van der Waals surface area contributed by atoms with Crippen LogP contribution in [0.15, 0.2) is 4.60 Å². The molecule has 0 aliphatic carbocycles. The summed E-state index contributed by atoms with van der Waals surface area (Å²) < 4.78 is 0.158. The highest BCUT2D eigenvalue weighted by molar-refractivity contribution is 9.10. The Kier molecular flexibility index (Phi) is 3.65. The van der Waals surface area contributed by atoms with E-state index in [2.05, 4.69) is 31.2 Å². The molecule has 0 spiro atoms. The highest BCUT2D eigenvalue weighted by Crippen LogP contribution is 2.22. The smallest absolute Gasteiger partial charge is 0.357 e. The monoisotopic (exact) mass is 279 g/mol. The van der Waals surface area contributed by atoms with E-state index in [1.807, 2.05) is 6.92 Å². The number of nitrogens with one attached hydrogen (secondary N) is 1. The second-order valence-corrected chi connectivity index (χ2v) is 3.45. The van der Waals surface area contributed by atoms with Crippen LogP contribution < -0.4 is 5.32 Å². The standard InChI is InChI=1S/C7H7BrClN3O2/c1-2-10-6-5(9)11-3(7(13)14)4(8)12-6/h2H2,1H3,(H,10,12)(H,13,14). The molecule has 0 amide bonds. The van der Waals surface area contributed by atoms with Gasteiger partial charge in [0.25, 0.3) is 0 Å². The number of carboxylic acids is 1. The summed E-state index contributed by atoms with van der Waals surface area (Å²) in [6.45, 7) is 2.50. The van der Waals surface area contributed by atoms with Gasteiger partial charge in [-0.2, -0.15) is 0 Å². The summed E-state index contributed by atoms with van der Waals surface area (Å²) in [5, 5.41) is 11.6. The van der Waals surface area contributed by atoms with Crippen molar-refractivity contribution in [3.8, 4) is 0 Å². The number of hydrogen-bond acceptors (Lipinski definition) is 4. The van der Waals surface area contributed by atoms with Crippen LogP contribution in [0.3, 0.4) is 0 Å². The zero-order chi connectivity index (χ0) is 10.7. The van der Waals surface area contributed by atoms with Gasteiger partial charge in [0.1, 0.15) is 4.60 Å². The molecule has 14 heavy (non-hydrogen) atoms. The molecule has 2 N–H and O–H groups in total. The fraction of sp³-hybridized carbons (Fsp3) is 0.286. The van der Waals surface area contributed by atoms with Crippen molar-refractivity contribution in [3.05, 3.63) is 15.5 Å². The third-order valence-electron chi connectivity index (χ3n) is 1.36. The van der Waals surface area contributed by atoms with Gasteiger partial charge >= 0.3 is 5.97 Å². The lowest BCUT2D eigenvalue weighted by Crippen LogP contribution is -2.08. The summed E-state index contributed by atoms with van der Waals surface area (Å²) in [6.07, 6.45) is 0. The van der Waals surface area contributed by atoms with Crippen LogP contribution in [-0.2, 0) is 0 Å². The van der Waals surface area contributed by atoms with Crippen molar-refractivity contribution >= 4 is 39.3 Å². The van der Waals surface area contributed by atoms with Crippen LogP contribution in [-0.4, -0.2) is 27.6 Å². The highest BCUT2D eigenvalue weighted by atomic mass is 79.9. The van der Waals surface area contributed by atoms with Crippen LogP contribution in [0.1, 0.15) is 17.4 Å². The number of aromatic carboxylic acids is 1. The molecular formula is C7H7BrClN3O2. The van der Waals surface area contributed by atoms with Crippen LogP contribution >= 0.6 is 27.5 Å². The quantitative estimate of drug-likeness (QED) is 0.886. The van der Waals surface area contributed by atoms with E-state index in [0.29, 0.717) is 12.4 Å². The SMILES string of the molecule is CCNc1nc(Br)c(C(=O)O)nc1Cl. The maximum absolute atomic E-state index is 10.6. The van der Waals surface area contributed by atoms with Crippen molar-refractivity contribution in [3.63, 3.8) is 0 Å². The van der Waals surface area contributed by atoms with E-state index in [0.717, 1.165) is 0 Å². The summed E-state index contributed by atoms with van der Waals surface area (Å²) in [5.74, 6) is -0.805. The first-order chi connectivity index (χ1) is 6.56. The predicted molar refractivity (Wildman–Crippen MR) is 55.9 cm³/mol. The van der Waals surface area contributed by atoms with E-state index in [1.165, 1.54) is 0 Å². The van der Waals surface area contributed by atoms with Crippen molar-refractivity contribution in [2.24, 2.45) is 0 Å². The van der Waals surface area contributed by atoms with E-state index < -0.39 is 5.97 Å². The van der Waals surface area contributed by atoms with Gasteiger partial charge in [-0.3, -0.25) is 0 Å². The lowest BCUT2D eigenvalue weighted by molar-refractivity contribution is 0.0689. The topological polar surface area (TPSA) is 75.1 Å². The summed E-state index contributed by atoms with van der Waals surface area (Å²) in [7, 11) is 0. The van der Waals surface area contributed by atoms with E-state index in [4.69, 9.17) is 16.7 Å². The molecule has 1 rings (SSSR count). The zero-order valence-electron chi connectivity index (χ0n) is 7.21. The Bertz CT molecular complexity index is 372. The lowest BCUT2D eigenvalue weighted by atomic mass is 10.4. The van der Waals surface area contributed by atoms with Gasteiger partial charge in [-0.15, -0.1) is 0 Å². The average molecular weight is 281 g/mol. The number of hydrogen-bond donors (Lipinski definition) is 2. The first kappa shape index (κ1) is 11.2. The van der Waals surface area contributed by atoms with Crippen LogP contribution in [0.25, 0.3) is 0 Å². The van der Waals surface area contributed by atoms with E-state index >= 15 is 0 Å². The maximum atomic E-state index is 10.6. The lowest BCUT2D eigenvalue weighted by Gasteiger charge is -2.05. The van der Waals surface area contributed by atoms with Gasteiger partial charge < -0.3 is 10.4 Å². The Labute approximate surface area is 93.6 Å². The van der Waals surface area contributed by atoms with Gasteiger partial charge in [0.2, 0.25) is 0 Å². The highest BCUT2D eigenvalue weighted by Gasteiger charge is 2.15. The second kappa shape index (κ2) is 4.56. The van der Waals surface area contributed by atoms with Crippen LogP contribution in [0.2, 0.25) is 5.15 Å². The molecule has 0 aliphatic rings. The van der Waals surface area contributed by atoms with Crippen molar-refractivity contribution < 1.29 is 9.90 Å². The minimum atomic E-state index is -1.17. The number of carboxylic acid groups (broad SMARTS) is 1. The molecule has 0 radical (unpaired) electrons. The number of halogens is 2. The summed E-state index contributed by atoms with van der Waals surface area (Å²) >= 11 is 8.70. The minimum Gasteiger partial charge on any atom is -0.476 e. The van der Waals surface area contributed by atoms with Gasteiger partial charge in [-0.1, -0.05) is 11.6 Å². The Morgan fingerprint density at radius 3 is 2.79 bits per heavy atom. The molecule has 7 heteroatoms. The Morgan fingerprint density at radius 1 is 1.64 bits per heavy atom. The Hall–Kier alpha value is -0.880. The van der Waals surface area contributed by atoms with E-state index in [9.17, 15) is 4.79 Å². The van der Waals surface area contributed by atoms with Gasteiger partial charge in [0, 0.05) is 6.54 Å². The first-order valence-electron chi connectivity index (χ1n) is 3.76. The normalized spacial score (nSPS) is 9.93. The van der Waals surface area contributed by atoms with Gasteiger partial charge in [-0.25, -0.2) is 14.8 Å². The molecule has 1 heterocycles. The predicted octanol–water partition coefficient (Wildman–Crippen LogP) is 2.02. The van der Waals surface area contributed by atoms with Crippen molar-refractivity contribution in [1.29, 1.82) is 0 Å². The molecule has 0 aromatic carbocycles. The van der Waals surface area contributed by atoms with Crippen LogP contribution in [0.4, 0.5) is 5.82 Å². The molecule has 0 aliphatic heterocycles. The van der Waals surface area contributed by atoms with Gasteiger partial charge in [0.05, 0.1) is 0 Å². The average Bonchev–Trinajstić information content (AvgIpc) is 2.10. The van der Waals surface area contributed by atoms with Crippen molar-refractivity contribution in [2.45, 2.75) is 6.92 Å². The number of carbonyl (C=O) groups is 1. The third kappa shape index (κ3) is 2.33. The summed E-state index contributed by atoms with van der Waals surface area (Å²) in [5.41, 5.74) is -0.198. The molecule has 1 aromatic heterocycles. The van der Waals surface area contributed by atoms with Gasteiger partial charge in [0.15, 0.2) is 16.7 Å². The molecule has 0 saturated heterocycles. The molecule has 0 saturated carbocycles. The van der Waals surface area contributed by atoms with Crippen LogP contribution in [0.5, 0.6) is 0 Å². The fourth-order valence-corrected chi connectivity index (χ4v) is 1.44. The molecule has 0 unspecified atom stereocenters. The third-order valence-corrected chi connectivity index (χ3v) is 2.17. The first-order valence-corrected chi connectivity index (χ1v) is 4.93. The summed E-state index contributed by atoms with van der Waals surface area (Å²) in [4.78, 5) is 18.2. The fourth-order valence-electron chi connectivity index (χ4n) is 0.810.